The van der Waals surface area contributed by atoms with Crippen molar-refractivity contribution in [3.63, 3.8) is 0 Å². The lowest BCUT2D eigenvalue weighted by atomic mass is 10.1. The first kappa shape index (κ1) is 25.4. The molecule has 7 nitrogen and oxygen atoms in total. The minimum Gasteiger partial charge on any atom is -0.382 e. The van der Waals surface area contributed by atoms with Crippen LogP contribution in [0.2, 0.25) is 0 Å². The van der Waals surface area contributed by atoms with Gasteiger partial charge >= 0.3 is 0 Å². The van der Waals surface area contributed by atoms with Crippen LogP contribution in [0, 0.1) is 6.92 Å². The van der Waals surface area contributed by atoms with Gasteiger partial charge in [-0.3, -0.25) is 0 Å². The molecule has 0 radical (unpaired) electrons. The number of nitrogens with one attached hydrogen (secondary N) is 2. The normalized spacial score (nSPS) is 12.3. The molecule has 0 bridgehead atoms. The van der Waals surface area contributed by atoms with E-state index >= 15 is 0 Å². The van der Waals surface area contributed by atoms with Crippen molar-refractivity contribution in [2.75, 3.05) is 19.8 Å². The van der Waals surface area contributed by atoms with Gasteiger partial charge in [-0.2, -0.15) is 0 Å². The standard InChI is InChI=1S/C21H34N6O.HI/c1-5-28-15-9-14-22-21(23-16-20-26-25-18(3)27(20)4)24-17(2)12-13-19-10-7-6-8-11-19;/h6-8,10-11,17H,5,9,12-16H2,1-4H3,(H2,22,23,24);1H. The second kappa shape index (κ2) is 14.3. The van der Waals surface area contributed by atoms with Gasteiger partial charge in [0.2, 0.25) is 0 Å². The minimum absolute atomic E-state index is 0. The Morgan fingerprint density at radius 2 is 2.00 bits per heavy atom. The van der Waals surface area contributed by atoms with Gasteiger partial charge in [-0.1, -0.05) is 30.3 Å². The number of rotatable bonds is 11. The van der Waals surface area contributed by atoms with Gasteiger partial charge in [-0.05, 0) is 45.6 Å². The van der Waals surface area contributed by atoms with E-state index in [0.717, 1.165) is 56.6 Å². The number of guanidine groups is 1. The molecule has 1 heterocycles. The molecule has 1 aromatic heterocycles. The Balaban J connectivity index is 0.00000420. The average Bonchev–Trinajstić information content (AvgIpc) is 3.03. The van der Waals surface area contributed by atoms with Gasteiger partial charge in [0.25, 0.3) is 0 Å². The van der Waals surface area contributed by atoms with Crippen LogP contribution in [0.4, 0.5) is 0 Å². The molecular weight excluding hydrogens is 479 g/mol. The maximum atomic E-state index is 5.41. The van der Waals surface area contributed by atoms with Crippen LogP contribution >= 0.6 is 24.0 Å². The number of benzene rings is 1. The Hall–Kier alpha value is -1.68. The molecule has 8 heteroatoms. The Bertz CT molecular complexity index is 719. The van der Waals surface area contributed by atoms with Gasteiger partial charge in [-0.15, -0.1) is 34.2 Å². The van der Waals surface area contributed by atoms with Crippen LogP contribution in [0.25, 0.3) is 0 Å². The maximum absolute atomic E-state index is 5.41. The lowest BCUT2D eigenvalue weighted by Crippen LogP contribution is -2.43. The summed E-state index contributed by atoms with van der Waals surface area (Å²) in [4.78, 5) is 4.71. The lowest BCUT2D eigenvalue weighted by molar-refractivity contribution is 0.145. The van der Waals surface area contributed by atoms with Crippen molar-refractivity contribution in [2.24, 2.45) is 12.0 Å². The number of aliphatic imine (C=N–C) groups is 1. The van der Waals surface area contributed by atoms with Gasteiger partial charge in [-0.25, -0.2) is 4.99 Å². The van der Waals surface area contributed by atoms with Crippen LogP contribution in [0.1, 0.15) is 43.9 Å². The largest absolute Gasteiger partial charge is 0.382 e. The van der Waals surface area contributed by atoms with Gasteiger partial charge in [0.05, 0.1) is 0 Å². The first-order chi connectivity index (χ1) is 13.6. The molecular formula is C21H35IN6O. The highest BCUT2D eigenvalue weighted by molar-refractivity contribution is 14.0. The molecule has 0 fully saturated rings. The topological polar surface area (TPSA) is 76.4 Å². The predicted molar refractivity (Wildman–Crippen MR) is 129 cm³/mol. The average molecular weight is 514 g/mol. The fourth-order valence-corrected chi connectivity index (χ4v) is 2.75. The third-order valence-electron chi connectivity index (χ3n) is 4.62. The summed E-state index contributed by atoms with van der Waals surface area (Å²) in [5.74, 6) is 2.54. The molecule has 1 unspecified atom stereocenters. The maximum Gasteiger partial charge on any atom is 0.191 e. The van der Waals surface area contributed by atoms with Gasteiger partial charge < -0.3 is 19.9 Å². The van der Waals surface area contributed by atoms with Crippen molar-refractivity contribution >= 4 is 29.9 Å². The highest BCUT2D eigenvalue weighted by atomic mass is 127. The van der Waals surface area contributed by atoms with Crippen LogP contribution < -0.4 is 10.6 Å². The zero-order valence-corrected chi connectivity index (χ0v) is 20.3. The lowest BCUT2D eigenvalue weighted by Gasteiger charge is -2.18. The monoisotopic (exact) mass is 514 g/mol. The van der Waals surface area contributed by atoms with E-state index in [1.165, 1.54) is 5.56 Å². The number of hydrogen-bond acceptors (Lipinski definition) is 4. The summed E-state index contributed by atoms with van der Waals surface area (Å²) in [6.45, 7) is 8.95. The molecule has 0 amide bonds. The van der Waals surface area contributed by atoms with Crippen LogP contribution in [0.5, 0.6) is 0 Å². The number of ether oxygens (including phenoxy) is 1. The molecule has 2 aromatic rings. The van der Waals surface area contributed by atoms with E-state index in [9.17, 15) is 0 Å². The summed E-state index contributed by atoms with van der Waals surface area (Å²) in [5.41, 5.74) is 1.36. The van der Waals surface area contributed by atoms with Crippen molar-refractivity contribution in [1.82, 2.24) is 25.4 Å². The van der Waals surface area contributed by atoms with E-state index in [0.29, 0.717) is 12.6 Å². The third-order valence-corrected chi connectivity index (χ3v) is 4.62. The molecule has 0 aliphatic carbocycles. The second-order valence-electron chi connectivity index (χ2n) is 6.93. The summed E-state index contributed by atoms with van der Waals surface area (Å²) < 4.78 is 7.38. The van der Waals surface area contributed by atoms with E-state index in [4.69, 9.17) is 9.73 Å². The van der Waals surface area contributed by atoms with Gasteiger partial charge in [0, 0.05) is 32.8 Å². The number of aryl methyl sites for hydroxylation is 2. The van der Waals surface area contributed by atoms with Gasteiger partial charge in [0.15, 0.2) is 11.8 Å². The highest BCUT2D eigenvalue weighted by Crippen LogP contribution is 2.05. The molecule has 0 saturated carbocycles. The third kappa shape index (κ3) is 9.58. The molecule has 2 rings (SSSR count). The summed E-state index contributed by atoms with van der Waals surface area (Å²) in [7, 11) is 1.96. The van der Waals surface area contributed by atoms with Crippen LogP contribution in [-0.4, -0.2) is 46.5 Å². The van der Waals surface area contributed by atoms with E-state index < -0.39 is 0 Å². The highest BCUT2D eigenvalue weighted by Gasteiger charge is 2.08. The van der Waals surface area contributed by atoms with Crippen molar-refractivity contribution < 1.29 is 4.74 Å². The fourth-order valence-electron chi connectivity index (χ4n) is 2.75. The van der Waals surface area contributed by atoms with Gasteiger partial charge in [0.1, 0.15) is 12.4 Å². The first-order valence-electron chi connectivity index (χ1n) is 10.1. The van der Waals surface area contributed by atoms with E-state index in [1.807, 2.05) is 25.5 Å². The van der Waals surface area contributed by atoms with Crippen molar-refractivity contribution in [3.05, 3.63) is 47.5 Å². The summed E-state index contributed by atoms with van der Waals surface area (Å²) in [5, 5.41) is 15.2. The SMILES string of the molecule is CCOCCCNC(=NCc1nnc(C)n1C)NC(C)CCc1ccccc1.I. The molecule has 29 heavy (non-hydrogen) atoms. The summed E-state index contributed by atoms with van der Waals surface area (Å²) in [6, 6.07) is 10.9. The molecule has 0 aliphatic rings. The van der Waals surface area contributed by atoms with E-state index in [-0.39, 0.29) is 24.0 Å². The molecule has 1 aromatic carbocycles. The molecule has 0 spiro atoms. The molecule has 0 aliphatic heterocycles. The summed E-state index contributed by atoms with van der Waals surface area (Å²) in [6.07, 6.45) is 3.01. The zero-order valence-electron chi connectivity index (χ0n) is 18.0. The quantitative estimate of drug-likeness (QED) is 0.209. The number of aromatic nitrogens is 3. The second-order valence-corrected chi connectivity index (χ2v) is 6.93. The van der Waals surface area contributed by atoms with Crippen molar-refractivity contribution in [1.29, 1.82) is 0 Å². The summed E-state index contributed by atoms with van der Waals surface area (Å²) >= 11 is 0. The Morgan fingerprint density at radius 1 is 1.24 bits per heavy atom. The number of nitrogens with zero attached hydrogens (tertiary/aromatic N) is 4. The Morgan fingerprint density at radius 3 is 2.66 bits per heavy atom. The Labute approximate surface area is 191 Å². The van der Waals surface area contributed by atoms with Crippen molar-refractivity contribution in [3.8, 4) is 0 Å². The first-order valence-corrected chi connectivity index (χ1v) is 10.1. The Kier molecular flexibility index (Phi) is 12.5. The fraction of sp³-hybridized carbons (Fsp3) is 0.571. The van der Waals surface area contributed by atoms with Crippen molar-refractivity contribution in [2.45, 2.75) is 52.6 Å². The van der Waals surface area contributed by atoms with E-state index in [1.54, 1.807) is 0 Å². The predicted octanol–water partition coefficient (Wildman–Crippen LogP) is 3.22. The number of halogens is 1. The van der Waals surface area contributed by atoms with E-state index in [2.05, 4.69) is 58.1 Å². The number of hydrogen-bond donors (Lipinski definition) is 2. The molecule has 162 valence electrons. The minimum atomic E-state index is 0. The smallest absolute Gasteiger partial charge is 0.191 e. The van der Waals surface area contributed by atoms with Crippen LogP contribution in [0.3, 0.4) is 0 Å². The molecule has 1 atom stereocenters. The van der Waals surface area contributed by atoms with Crippen LogP contribution in [0.15, 0.2) is 35.3 Å². The zero-order chi connectivity index (χ0) is 20.2. The molecule has 0 saturated heterocycles. The molecule has 2 N–H and O–H groups in total. The van der Waals surface area contributed by atoms with Crippen LogP contribution in [-0.2, 0) is 24.8 Å².